The van der Waals surface area contributed by atoms with E-state index in [1.165, 1.54) is 7.11 Å². The molecule has 0 bridgehead atoms. The summed E-state index contributed by atoms with van der Waals surface area (Å²) < 4.78 is 17.1. The summed E-state index contributed by atoms with van der Waals surface area (Å²) in [5, 5.41) is 0. The summed E-state index contributed by atoms with van der Waals surface area (Å²) >= 11 is 0. The molecule has 0 aliphatic heterocycles. The first-order valence-electron chi connectivity index (χ1n) is 3.49. The van der Waals surface area contributed by atoms with E-state index in [9.17, 15) is 9.18 Å². The van der Waals surface area contributed by atoms with Gasteiger partial charge in [-0.1, -0.05) is 0 Å². The molecule has 0 atom stereocenters. The van der Waals surface area contributed by atoms with E-state index in [2.05, 4.69) is 4.74 Å². The minimum atomic E-state index is -0.705. The average molecular weight is 221 g/mol. The summed E-state index contributed by atoms with van der Waals surface area (Å²) in [6.45, 7) is 0. The second kappa shape index (κ2) is 4.66. The van der Waals surface area contributed by atoms with E-state index < -0.39 is 11.8 Å². The predicted molar refractivity (Wildman–Crippen MR) is 53.8 cm³/mol. The molecule has 1 aromatic carbocycles. The number of nitrogen functional groups attached to an aromatic ring is 2. The number of carbonyl (C=O) groups is 1. The summed E-state index contributed by atoms with van der Waals surface area (Å²) in [5.74, 6) is -1.32. The molecule has 0 aliphatic rings. The smallest absolute Gasteiger partial charge is 0.340 e. The highest BCUT2D eigenvalue weighted by Gasteiger charge is 2.13. The van der Waals surface area contributed by atoms with Gasteiger partial charge >= 0.3 is 5.97 Å². The van der Waals surface area contributed by atoms with Crippen LogP contribution in [0.3, 0.4) is 0 Å². The Labute approximate surface area is 86.4 Å². The van der Waals surface area contributed by atoms with Crippen LogP contribution in [-0.2, 0) is 4.74 Å². The summed E-state index contributed by atoms with van der Waals surface area (Å²) in [6.07, 6.45) is 0. The quantitative estimate of drug-likeness (QED) is 0.551. The van der Waals surface area contributed by atoms with Crippen molar-refractivity contribution in [2.75, 3.05) is 18.6 Å². The van der Waals surface area contributed by atoms with Crippen LogP contribution in [0.1, 0.15) is 10.4 Å². The molecule has 0 unspecified atom stereocenters. The van der Waals surface area contributed by atoms with Crippen LogP contribution in [0.2, 0.25) is 0 Å². The van der Waals surface area contributed by atoms with E-state index in [1.54, 1.807) is 0 Å². The highest BCUT2D eigenvalue weighted by molar-refractivity contribution is 5.97. The molecule has 6 heteroatoms. The zero-order valence-corrected chi connectivity index (χ0v) is 8.23. The lowest BCUT2D eigenvalue weighted by molar-refractivity contribution is 0.0601. The van der Waals surface area contributed by atoms with E-state index in [0.29, 0.717) is 0 Å². The van der Waals surface area contributed by atoms with Gasteiger partial charge < -0.3 is 16.2 Å². The first-order valence-corrected chi connectivity index (χ1v) is 3.49. The number of hydrogen-bond acceptors (Lipinski definition) is 4. The van der Waals surface area contributed by atoms with Gasteiger partial charge in [0.25, 0.3) is 0 Å². The van der Waals surface area contributed by atoms with Crippen molar-refractivity contribution in [3.8, 4) is 0 Å². The predicted octanol–water partition coefficient (Wildman–Crippen LogP) is 1.20. The Balaban J connectivity index is 0.00000169. The van der Waals surface area contributed by atoms with Gasteiger partial charge in [0.05, 0.1) is 24.0 Å². The van der Waals surface area contributed by atoms with Crippen molar-refractivity contribution in [1.29, 1.82) is 0 Å². The molecule has 0 aromatic heterocycles. The van der Waals surface area contributed by atoms with Crippen molar-refractivity contribution in [3.63, 3.8) is 0 Å². The minimum absolute atomic E-state index is 0. The fourth-order valence-electron chi connectivity index (χ4n) is 0.918. The standard InChI is InChI=1S/C8H9FN2O2.ClH/c1-13-8(12)5-2-4(9)3-6(10)7(5)11;/h2-3H,10-11H2,1H3;1H. The van der Waals surface area contributed by atoms with Crippen molar-refractivity contribution < 1.29 is 13.9 Å². The second-order valence-corrected chi connectivity index (χ2v) is 2.45. The monoisotopic (exact) mass is 220 g/mol. The minimum Gasteiger partial charge on any atom is -0.465 e. The zero-order valence-electron chi connectivity index (χ0n) is 7.41. The van der Waals surface area contributed by atoms with Crippen LogP contribution in [-0.4, -0.2) is 13.1 Å². The number of ether oxygens (including phenoxy) is 1. The van der Waals surface area contributed by atoms with Crippen LogP contribution < -0.4 is 11.5 Å². The molecule has 0 aliphatic carbocycles. The lowest BCUT2D eigenvalue weighted by Crippen LogP contribution is -2.08. The highest BCUT2D eigenvalue weighted by Crippen LogP contribution is 2.22. The second-order valence-electron chi connectivity index (χ2n) is 2.45. The topological polar surface area (TPSA) is 78.3 Å². The Morgan fingerprint density at radius 2 is 2.00 bits per heavy atom. The van der Waals surface area contributed by atoms with Crippen LogP contribution in [0.4, 0.5) is 15.8 Å². The van der Waals surface area contributed by atoms with Gasteiger partial charge in [-0.15, -0.1) is 12.4 Å². The Morgan fingerprint density at radius 3 is 2.50 bits per heavy atom. The maximum atomic E-state index is 12.8. The SMILES string of the molecule is COC(=O)c1cc(F)cc(N)c1N.Cl. The van der Waals surface area contributed by atoms with Crippen LogP contribution >= 0.6 is 12.4 Å². The van der Waals surface area contributed by atoms with E-state index in [4.69, 9.17) is 11.5 Å². The van der Waals surface area contributed by atoms with Crippen molar-refractivity contribution >= 4 is 29.8 Å². The Hall–Kier alpha value is -1.49. The van der Waals surface area contributed by atoms with Gasteiger partial charge in [-0.25, -0.2) is 9.18 Å². The van der Waals surface area contributed by atoms with Crippen molar-refractivity contribution in [2.45, 2.75) is 0 Å². The lowest BCUT2D eigenvalue weighted by atomic mass is 10.1. The van der Waals surface area contributed by atoms with Crippen LogP contribution in [0.15, 0.2) is 12.1 Å². The van der Waals surface area contributed by atoms with Gasteiger partial charge in [-0.05, 0) is 12.1 Å². The number of hydrogen-bond donors (Lipinski definition) is 2. The number of methoxy groups -OCH3 is 1. The molecule has 0 heterocycles. The Bertz CT molecular complexity index is 357. The number of carbonyl (C=O) groups excluding carboxylic acids is 1. The normalized spacial score (nSPS) is 9.00. The molecule has 4 N–H and O–H groups in total. The molecule has 0 spiro atoms. The molecule has 0 amide bonds. The van der Waals surface area contributed by atoms with Gasteiger partial charge in [0, 0.05) is 0 Å². The molecule has 0 radical (unpaired) electrons. The van der Waals surface area contributed by atoms with E-state index >= 15 is 0 Å². The Morgan fingerprint density at radius 1 is 1.43 bits per heavy atom. The molecule has 14 heavy (non-hydrogen) atoms. The van der Waals surface area contributed by atoms with E-state index in [-0.39, 0.29) is 29.3 Å². The fourth-order valence-corrected chi connectivity index (χ4v) is 0.918. The summed E-state index contributed by atoms with van der Waals surface area (Å²) in [4.78, 5) is 11.0. The van der Waals surface area contributed by atoms with Gasteiger partial charge in [0.15, 0.2) is 0 Å². The summed E-state index contributed by atoms with van der Waals surface area (Å²) in [5.41, 5.74) is 10.8. The molecular weight excluding hydrogens is 211 g/mol. The summed E-state index contributed by atoms with van der Waals surface area (Å²) in [6, 6.07) is 2.03. The molecule has 1 aromatic rings. The molecule has 0 fully saturated rings. The highest BCUT2D eigenvalue weighted by atomic mass is 35.5. The third kappa shape index (κ3) is 2.26. The zero-order chi connectivity index (χ0) is 10.0. The third-order valence-corrected chi connectivity index (χ3v) is 1.58. The van der Waals surface area contributed by atoms with Crippen LogP contribution in [0.25, 0.3) is 0 Å². The number of rotatable bonds is 1. The van der Waals surface area contributed by atoms with Crippen LogP contribution in [0.5, 0.6) is 0 Å². The maximum absolute atomic E-state index is 12.8. The molecule has 4 nitrogen and oxygen atoms in total. The maximum Gasteiger partial charge on any atom is 0.340 e. The average Bonchev–Trinajstić information content (AvgIpc) is 2.10. The number of anilines is 2. The molecule has 0 saturated carbocycles. The largest absolute Gasteiger partial charge is 0.465 e. The fraction of sp³-hybridized carbons (Fsp3) is 0.125. The first kappa shape index (κ1) is 12.5. The van der Waals surface area contributed by atoms with Crippen molar-refractivity contribution in [2.24, 2.45) is 0 Å². The van der Waals surface area contributed by atoms with Crippen molar-refractivity contribution in [3.05, 3.63) is 23.5 Å². The number of halogens is 2. The van der Waals surface area contributed by atoms with Crippen LogP contribution in [0, 0.1) is 5.82 Å². The molecular formula is C8H10ClFN2O2. The van der Waals surface area contributed by atoms with Gasteiger partial charge in [0.2, 0.25) is 0 Å². The number of nitrogens with two attached hydrogens (primary N) is 2. The van der Waals surface area contributed by atoms with Gasteiger partial charge in [0.1, 0.15) is 5.82 Å². The number of esters is 1. The van der Waals surface area contributed by atoms with Crippen molar-refractivity contribution in [1.82, 2.24) is 0 Å². The Kier molecular flexibility index (Phi) is 4.17. The molecule has 1 rings (SSSR count). The van der Waals surface area contributed by atoms with E-state index in [1.807, 2.05) is 0 Å². The third-order valence-electron chi connectivity index (χ3n) is 1.58. The van der Waals surface area contributed by atoms with Gasteiger partial charge in [-0.3, -0.25) is 0 Å². The van der Waals surface area contributed by atoms with E-state index in [0.717, 1.165) is 12.1 Å². The first-order chi connectivity index (χ1) is 6.06. The lowest BCUT2D eigenvalue weighted by Gasteiger charge is -2.05. The molecule has 0 saturated heterocycles. The number of benzene rings is 1. The summed E-state index contributed by atoms with van der Waals surface area (Å²) in [7, 11) is 1.18. The van der Waals surface area contributed by atoms with Gasteiger partial charge in [-0.2, -0.15) is 0 Å². The molecule has 78 valence electrons.